The van der Waals surface area contributed by atoms with E-state index in [0.29, 0.717) is 29.0 Å². The minimum atomic E-state index is -1.11. The number of rotatable bonds is 6. The number of benzene rings is 3. The van der Waals surface area contributed by atoms with Gasteiger partial charge in [-0.1, -0.05) is 53.8 Å². The zero-order valence-corrected chi connectivity index (χ0v) is 19.8. The molecule has 1 N–H and O–H groups in total. The zero-order valence-electron chi connectivity index (χ0n) is 19.0. The number of ether oxygens (including phenoxy) is 1. The first-order chi connectivity index (χ1) is 17.4. The fourth-order valence-electron chi connectivity index (χ4n) is 4.16. The van der Waals surface area contributed by atoms with Crippen LogP contribution in [-0.2, 0) is 9.59 Å². The number of carbonyl (C=O) groups excluding carboxylic acids is 2. The van der Waals surface area contributed by atoms with Gasteiger partial charge in [0.1, 0.15) is 11.5 Å². The van der Waals surface area contributed by atoms with Crippen molar-refractivity contribution in [3.63, 3.8) is 0 Å². The van der Waals surface area contributed by atoms with Gasteiger partial charge in [0.2, 0.25) is 0 Å². The standard InChI is InChI=1S/C26H19N3O6S/c1-2-35-18-11-12-19-20(14-18)36-26(27-19)28-22(16-9-6-10-17(13-16)29(33)34)21(24(31)25(28)32)23(30)15-7-4-3-5-8-15/h3-14,22,30H,2H2,1H3/b23-21+. The zero-order chi connectivity index (χ0) is 25.4. The van der Waals surface area contributed by atoms with E-state index in [0.717, 1.165) is 4.70 Å². The number of ketones is 1. The molecular weight excluding hydrogens is 482 g/mol. The summed E-state index contributed by atoms with van der Waals surface area (Å²) in [5.74, 6) is -1.51. The summed E-state index contributed by atoms with van der Waals surface area (Å²) in [5, 5.41) is 22.8. The molecule has 0 aliphatic carbocycles. The molecule has 0 spiro atoms. The van der Waals surface area contributed by atoms with Gasteiger partial charge in [-0.3, -0.25) is 24.6 Å². The quantitative estimate of drug-likeness (QED) is 0.126. The summed E-state index contributed by atoms with van der Waals surface area (Å²) >= 11 is 1.18. The largest absolute Gasteiger partial charge is 0.507 e. The van der Waals surface area contributed by atoms with Gasteiger partial charge in [-0.15, -0.1) is 0 Å². The summed E-state index contributed by atoms with van der Waals surface area (Å²) in [5.41, 5.74) is 0.873. The number of fused-ring (bicyclic) bond motifs is 1. The Hall–Kier alpha value is -4.57. The van der Waals surface area contributed by atoms with Crippen molar-refractivity contribution in [3.05, 3.63) is 99.6 Å². The molecule has 1 atom stereocenters. The van der Waals surface area contributed by atoms with Crippen molar-refractivity contribution in [1.82, 2.24) is 4.98 Å². The van der Waals surface area contributed by atoms with E-state index in [1.807, 2.05) is 6.92 Å². The molecule has 9 nitrogen and oxygen atoms in total. The topological polar surface area (TPSA) is 123 Å². The van der Waals surface area contributed by atoms with Crippen LogP contribution in [0.1, 0.15) is 24.1 Å². The van der Waals surface area contributed by atoms with Crippen LogP contribution < -0.4 is 9.64 Å². The Kier molecular flexibility index (Phi) is 5.95. The van der Waals surface area contributed by atoms with Gasteiger partial charge in [0, 0.05) is 17.7 Å². The number of nitro benzene ring substituents is 1. The lowest BCUT2D eigenvalue weighted by Crippen LogP contribution is -2.29. The molecule has 0 bridgehead atoms. The van der Waals surface area contributed by atoms with Crippen molar-refractivity contribution in [1.29, 1.82) is 0 Å². The number of anilines is 1. The van der Waals surface area contributed by atoms with Gasteiger partial charge in [-0.25, -0.2) is 4.98 Å². The summed E-state index contributed by atoms with van der Waals surface area (Å²) < 4.78 is 6.29. The predicted octanol–water partition coefficient (Wildman–Crippen LogP) is 5.23. The molecule has 36 heavy (non-hydrogen) atoms. The van der Waals surface area contributed by atoms with Crippen LogP contribution in [0, 0.1) is 10.1 Å². The van der Waals surface area contributed by atoms with E-state index in [1.165, 1.54) is 34.4 Å². The number of nitrogens with zero attached hydrogens (tertiary/aromatic N) is 3. The van der Waals surface area contributed by atoms with Crippen LogP contribution in [0.2, 0.25) is 0 Å². The Morgan fingerprint density at radius 1 is 1.11 bits per heavy atom. The van der Waals surface area contributed by atoms with Crippen molar-refractivity contribution in [2.24, 2.45) is 0 Å². The van der Waals surface area contributed by atoms with Gasteiger partial charge in [-0.2, -0.15) is 0 Å². The van der Waals surface area contributed by atoms with Crippen molar-refractivity contribution >= 4 is 49.8 Å². The third-order valence-electron chi connectivity index (χ3n) is 5.75. The van der Waals surface area contributed by atoms with Gasteiger partial charge in [0.25, 0.3) is 11.5 Å². The molecular formula is C26H19N3O6S. The number of Topliss-reactive ketones (excluding diaryl/α,β-unsaturated/α-hetero) is 1. The number of carbonyl (C=O) groups is 2. The fourth-order valence-corrected chi connectivity index (χ4v) is 5.18. The highest BCUT2D eigenvalue weighted by atomic mass is 32.1. The number of nitro groups is 1. The second-order valence-electron chi connectivity index (χ2n) is 7.95. The first-order valence-electron chi connectivity index (χ1n) is 11.0. The van der Waals surface area contributed by atoms with Gasteiger partial charge in [0.15, 0.2) is 5.13 Å². The van der Waals surface area contributed by atoms with Crippen LogP contribution >= 0.6 is 11.3 Å². The fraction of sp³-hybridized carbons (Fsp3) is 0.115. The molecule has 5 rings (SSSR count). The van der Waals surface area contributed by atoms with Crippen LogP contribution in [-0.4, -0.2) is 33.3 Å². The average Bonchev–Trinajstić information content (AvgIpc) is 3.42. The van der Waals surface area contributed by atoms with E-state index in [4.69, 9.17) is 4.74 Å². The predicted molar refractivity (Wildman–Crippen MR) is 135 cm³/mol. The highest BCUT2D eigenvalue weighted by Gasteiger charge is 2.48. The monoisotopic (exact) mass is 501 g/mol. The maximum Gasteiger partial charge on any atom is 0.301 e. The molecule has 1 unspecified atom stereocenters. The molecule has 1 aromatic heterocycles. The van der Waals surface area contributed by atoms with Crippen LogP contribution in [0.4, 0.5) is 10.8 Å². The second-order valence-corrected chi connectivity index (χ2v) is 8.96. The number of thiazole rings is 1. The number of aliphatic hydroxyl groups excluding tert-OH is 1. The van der Waals surface area contributed by atoms with Gasteiger partial charge in [0.05, 0.1) is 33.4 Å². The summed E-state index contributed by atoms with van der Waals surface area (Å²) in [6, 6.07) is 18.2. The first-order valence-corrected chi connectivity index (χ1v) is 11.8. The molecule has 180 valence electrons. The summed E-state index contributed by atoms with van der Waals surface area (Å²) in [4.78, 5) is 43.3. The van der Waals surface area contributed by atoms with E-state index < -0.39 is 22.7 Å². The van der Waals surface area contributed by atoms with E-state index >= 15 is 0 Å². The van der Waals surface area contributed by atoms with Crippen molar-refractivity contribution in [3.8, 4) is 5.75 Å². The summed E-state index contributed by atoms with van der Waals surface area (Å²) in [6.45, 7) is 2.35. The summed E-state index contributed by atoms with van der Waals surface area (Å²) in [6.07, 6.45) is 0. The van der Waals surface area contributed by atoms with Crippen LogP contribution in [0.3, 0.4) is 0 Å². The van der Waals surface area contributed by atoms with Gasteiger partial charge >= 0.3 is 5.91 Å². The minimum Gasteiger partial charge on any atom is -0.507 e. The highest BCUT2D eigenvalue weighted by Crippen LogP contribution is 2.45. The van der Waals surface area contributed by atoms with E-state index in [9.17, 15) is 24.8 Å². The average molecular weight is 502 g/mol. The number of amides is 1. The highest BCUT2D eigenvalue weighted by molar-refractivity contribution is 7.22. The number of hydrogen-bond donors (Lipinski definition) is 1. The second kappa shape index (κ2) is 9.23. The summed E-state index contributed by atoms with van der Waals surface area (Å²) in [7, 11) is 0. The van der Waals surface area contributed by atoms with Crippen LogP contribution in [0.5, 0.6) is 5.75 Å². The molecule has 1 fully saturated rings. The molecule has 1 amide bonds. The minimum absolute atomic E-state index is 0.166. The lowest BCUT2D eigenvalue weighted by molar-refractivity contribution is -0.384. The smallest absolute Gasteiger partial charge is 0.301 e. The molecule has 1 saturated heterocycles. The maximum atomic E-state index is 13.3. The Bertz CT molecular complexity index is 1550. The lowest BCUT2D eigenvalue weighted by atomic mass is 9.95. The molecule has 10 heteroatoms. The van der Waals surface area contributed by atoms with Gasteiger partial charge in [-0.05, 0) is 30.7 Å². The lowest BCUT2D eigenvalue weighted by Gasteiger charge is -2.22. The number of aliphatic hydroxyl groups is 1. The molecule has 3 aromatic carbocycles. The number of aromatic nitrogens is 1. The molecule has 4 aromatic rings. The normalized spacial score (nSPS) is 17.0. The first kappa shape index (κ1) is 23.2. The van der Waals surface area contributed by atoms with Crippen molar-refractivity contribution in [2.45, 2.75) is 13.0 Å². The molecule has 2 heterocycles. The van der Waals surface area contributed by atoms with Crippen LogP contribution in [0.25, 0.3) is 16.0 Å². The molecule has 1 aliphatic heterocycles. The maximum absolute atomic E-state index is 13.3. The third-order valence-corrected chi connectivity index (χ3v) is 6.77. The van der Waals surface area contributed by atoms with E-state index in [2.05, 4.69) is 4.98 Å². The molecule has 1 aliphatic rings. The van der Waals surface area contributed by atoms with E-state index in [-0.39, 0.29) is 22.2 Å². The molecule has 0 saturated carbocycles. The Morgan fingerprint density at radius 2 is 1.89 bits per heavy atom. The van der Waals surface area contributed by atoms with Gasteiger partial charge < -0.3 is 9.84 Å². The van der Waals surface area contributed by atoms with Crippen molar-refractivity contribution < 1.29 is 24.4 Å². The van der Waals surface area contributed by atoms with Crippen LogP contribution in [0.15, 0.2) is 78.4 Å². The number of non-ortho nitro benzene ring substituents is 1. The Morgan fingerprint density at radius 3 is 2.61 bits per heavy atom. The SMILES string of the molecule is CCOc1ccc2nc(N3C(=O)C(=O)/C(=C(/O)c4ccccc4)C3c3cccc([N+](=O)[O-])c3)sc2c1. The Labute approximate surface area is 209 Å². The molecule has 0 radical (unpaired) electrons. The van der Waals surface area contributed by atoms with E-state index in [1.54, 1.807) is 54.6 Å². The third kappa shape index (κ3) is 3.97. The Balaban J connectivity index is 1.72. The van der Waals surface area contributed by atoms with Crippen molar-refractivity contribution in [2.75, 3.05) is 11.5 Å². The number of hydrogen-bond acceptors (Lipinski definition) is 8.